The summed E-state index contributed by atoms with van der Waals surface area (Å²) in [5.74, 6) is 0.522. The van der Waals surface area contributed by atoms with E-state index in [1.807, 2.05) is 18.2 Å². The monoisotopic (exact) mass is 694 g/mol. The molecule has 0 spiro atoms. The van der Waals surface area contributed by atoms with Crippen molar-refractivity contribution in [2.75, 3.05) is 33.0 Å². The highest BCUT2D eigenvalue weighted by Gasteiger charge is 2.46. The Balaban J connectivity index is 1.30. The number of aliphatic carboxylic acids is 1. The van der Waals surface area contributed by atoms with E-state index in [9.17, 15) is 9.90 Å². The van der Waals surface area contributed by atoms with Crippen molar-refractivity contribution in [2.24, 2.45) is 29.6 Å². The molecule has 4 unspecified atom stereocenters. The van der Waals surface area contributed by atoms with E-state index < -0.39 is 5.97 Å². The molecule has 0 amide bonds. The van der Waals surface area contributed by atoms with Crippen molar-refractivity contribution in [3.05, 3.63) is 71.3 Å². The van der Waals surface area contributed by atoms with Crippen LogP contribution in [0.5, 0.6) is 0 Å². The van der Waals surface area contributed by atoms with Crippen molar-refractivity contribution in [2.45, 2.75) is 123 Å². The number of rotatable bonds is 20. The molecule has 1 saturated carbocycles. The molecule has 0 aromatic heterocycles. The molecule has 1 aromatic rings. The van der Waals surface area contributed by atoms with Crippen molar-refractivity contribution < 1.29 is 38.3 Å². The topological polar surface area (TPSA) is 92.7 Å². The van der Waals surface area contributed by atoms with E-state index in [1.165, 1.54) is 11.1 Å². The van der Waals surface area contributed by atoms with Gasteiger partial charge in [-0.25, -0.2) is 4.79 Å². The van der Waals surface area contributed by atoms with Gasteiger partial charge in [0.15, 0.2) is 12.6 Å². The fourth-order valence-corrected chi connectivity index (χ4v) is 8.04. The van der Waals surface area contributed by atoms with Gasteiger partial charge in [-0.2, -0.15) is 0 Å². The predicted molar refractivity (Wildman–Crippen MR) is 194 cm³/mol. The minimum Gasteiger partial charge on any atom is -0.480 e. The molecule has 2 aliphatic carbocycles. The van der Waals surface area contributed by atoms with Crippen LogP contribution >= 0.6 is 0 Å². The fourth-order valence-electron chi connectivity index (χ4n) is 8.04. The van der Waals surface area contributed by atoms with E-state index in [4.69, 9.17) is 28.4 Å². The lowest BCUT2D eigenvalue weighted by atomic mass is 9.87. The number of carboxylic acids is 1. The van der Waals surface area contributed by atoms with Crippen LogP contribution in [0.4, 0.5) is 0 Å². The molecule has 8 nitrogen and oxygen atoms in total. The van der Waals surface area contributed by atoms with Crippen molar-refractivity contribution in [1.29, 1.82) is 0 Å². The highest BCUT2D eigenvalue weighted by molar-refractivity contribution is 5.68. The Morgan fingerprint density at radius 2 is 1.74 bits per heavy atom. The molecule has 2 saturated heterocycles. The van der Waals surface area contributed by atoms with Crippen LogP contribution < -0.4 is 0 Å². The number of carbonyl (C=O) groups is 1. The Bertz CT molecular complexity index is 1230. The maximum atomic E-state index is 11.3. The summed E-state index contributed by atoms with van der Waals surface area (Å²) in [6.45, 7) is 9.20. The zero-order valence-electron chi connectivity index (χ0n) is 30.7. The lowest BCUT2D eigenvalue weighted by Crippen LogP contribution is -2.31. The second kappa shape index (κ2) is 20.6. The Hall–Kier alpha value is -2.33. The highest BCUT2D eigenvalue weighted by Crippen LogP contribution is 2.50. The van der Waals surface area contributed by atoms with Crippen molar-refractivity contribution >= 4 is 5.97 Å². The molecule has 3 fully saturated rings. The molecular formula is C42H62O8. The van der Waals surface area contributed by atoms with Gasteiger partial charge in [0.05, 0.1) is 32.0 Å². The van der Waals surface area contributed by atoms with Crippen LogP contribution in [-0.2, 0) is 39.8 Å². The van der Waals surface area contributed by atoms with Gasteiger partial charge in [-0.15, -0.1) is 0 Å². The molecule has 2 aliphatic heterocycles. The molecule has 2 heterocycles. The van der Waals surface area contributed by atoms with E-state index in [-0.39, 0.29) is 43.2 Å². The first-order valence-corrected chi connectivity index (χ1v) is 19.3. The van der Waals surface area contributed by atoms with Crippen molar-refractivity contribution in [3.8, 4) is 0 Å². The second-order valence-corrected chi connectivity index (χ2v) is 15.2. The first-order chi connectivity index (χ1) is 24.3. The number of ether oxygens (including phenoxy) is 6. The van der Waals surface area contributed by atoms with Gasteiger partial charge in [0.1, 0.15) is 6.61 Å². The number of benzene rings is 1. The van der Waals surface area contributed by atoms with Gasteiger partial charge in [-0.3, -0.25) is 0 Å². The smallest absolute Gasteiger partial charge is 0.329 e. The Morgan fingerprint density at radius 3 is 2.44 bits per heavy atom. The van der Waals surface area contributed by atoms with E-state index in [2.05, 4.69) is 57.2 Å². The minimum absolute atomic E-state index is 0.00414. The lowest BCUT2D eigenvalue weighted by molar-refractivity contribution is -0.193. The van der Waals surface area contributed by atoms with E-state index in [0.717, 1.165) is 89.4 Å². The van der Waals surface area contributed by atoms with Crippen molar-refractivity contribution in [1.82, 2.24) is 0 Å². The summed E-state index contributed by atoms with van der Waals surface area (Å²) in [6, 6.07) is 10.1. The number of hydrogen-bond acceptors (Lipinski definition) is 7. The summed E-state index contributed by atoms with van der Waals surface area (Å²) >= 11 is 0. The number of allylic oxidation sites excluding steroid dienone is 3. The van der Waals surface area contributed by atoms with Crippen LogP contribution in [0.25, 0.3) is 0 Å². The SMILES string of the molecule is CC(C)=CCCC(C)C[C@@H](/C=C/[C@@H]1[C@H]2CC(C(COCC(=O)O)COCc3ccccc3)=C[C@H]2C[C@H]1OC1CCCCO1)OC1CCCCO1. The van der Waals surface area contributed by atoms with Gasteiger partial charge in [-0.05, 0) is 108 Å². The molecule has 0 bridgehead atoms. The standard InChI is InChI=1S/C42H62O8/c1-30(2)12-11-13-31(3)22-36(49-41-16-7-9-20-47-41)18-19-37-38-24-33(23-34(38)25-39(37)50-42-17-8-10-21-48-42)35(28-46-29-40(43)44)27-45-26-32-14-5-4-6-15-32/h4-6,12,14-15,18-19,23,31,34-39,41-42H,7-11,13,16-17,20-22,24-29H2,1-3H3,(H,43,44)/b19-18+/t31?,34-,35?,36+,37+,38-,39+,41?,42?/m0/s1. The molecule has 1 N–H and O–H groups in total. The Labute approximate surface area is 300 Å². The molecular weight excluding hydrogens is 632 g/mol. The zero-order chi connectivity index (χ0) is 35.1. The molecule has 50 heavy (non-hydrogen) atoms. The second-order valence-electron chi connectivity index (χ2n) is 15.2. The molecule has 5 rings (SSSR count). The average Bonchev–Trinajstić information content (AvgIpc) is 3.65. The maximum Gasteiger partial charge on any atom is 0.329 e. The maximum absolute atomic E-state index is 11.3. The van der Waals surface area contributed by atoms with Gasteiger partial charge < -0.3 is 33.5 Å². The Kier molecular flexibility index (Phi) is 16.1. The summed E-state index contributed by atoms with van der Waals surface area (Å²) in [6.07, 6.45) is 20.6. The van der Waals surface area contributed by atoms with Gasteiger partial charge in [0, 0.05) is 25.0 Å². The zero-order valence-corrected chi connectivity index (χ0v) is 30.7. The third kappa shape index (κ3) is 12.7. The predicted octanol–water partition coefficient (Wildman–Crippen LogP) is 8.66. The van der Waals surface area contributed by atoms with Crippen LogP contribution in [0.2, 0.25) is 0 Å². The molecule has 0 radical (unpaired) electrons. The highest BCUT2D eigenvalue weighted by atomic mass is 16.7. The average molecular weight is 695 g/mol. The first-order valence-electron chi connectivity index (χ1n) is 19.3. The molecule has 9 atom stereocenters. The van der Waals surface area contributed by atoms with Crippen molar-refractivity contribution in [3.63, 3.8) is 0 Å². The van der Waals surface area contributed by atoms with Gasteiger partial charge in [-0.1, -0.05) is 72.7 Å². The fraction of sp³-hybridized carbons (Fsp3) is 0.690. The quantitative estimate of drug-likeness (QED) is 0.136. The van der Waals surface area contributed by atoms with Gasteiger partial charge in [0.2, 0.25) is 0 Å². The van der Waals surface area contributed by atoms with Crippen LogP contribution in [0.15, 0.2) is 65.8 Å². The molecule has 278 valence electrons. The molecule has 8 heteroatoms. The van der Waals surface area contributed by atoms with E-state index in [0.29, 0.717) is 37.6 Å². The number of fused-ring (bicyclic) bond motifs is 1. The summed E-state index contributed by atoms with van der Waals surface area (Å²) < 4.78 is 37.4. The first kappa shape index (κ1) is 38.9. The Morgan fingerprint density at radius 1 is 1.00 bits per heavy atom. The largest absolute Gasteiger partial charge is 0.480 e. The van der Waals surface area contributed by atoms with Crippen LogP contribution in [0.1, 0.15) is 97.0 Å². The third-order valence-corrected chi connectivity index (χ3v) is 10.7. The number of hydrogen-bond donors (Lipinski definition) is 1. The number of carboxylic acid groups (broad SMARTS) is 1. The van der Waals surface area contributed by atoms with E-state index in [1.54, 1.807) is 0 Å². The molecule has 1 aromatic carbocycles. The lowest BCUT2D eigenvalue weighted by Gasteiger charge is -2.31. The van der Waals surface area contributed by atoms with Crippen LogP contribution in [0, 0.1) is 29.6 Å². The minimum atomic E-state index is -0.956. The van der Waals surface area contributed by atoms with Crippen LogP contribution in [0.3, 0.4) is 0 Å². The molecule has 4 aliphatic rings. The third-order valence-electron chi connectivity index (χ3n) is 10.7. The summed E-state index contributed by atoms with van der Waals surface area (Å²) in [4.78, 5) is 11.3. The summed E-state index contributed by atoms with van der Waals surface area (Å²) in [5.41, 5.74) is 3.79. The summed E-state index contributed by atoms with van der Waals surface area (Å²) in [7, 11) is 0. The van der Waals surface area contributed by atoms with Crippen LogP contribution in [-0.4, -0.2) is 68.9 Å². The summed E-state index contributed by atoms with van der Waals surface area (Å²) in [5, 5.41) is 9.25. The van der Waals surface area contributed by atoms with Gasteiger partial charge in [0.25, 0.3) is 0 Å². The van der Waals surface area contributed by atoms with E-state index >= 15 is 0 Å². The normalized spacial score (nSPS) is 28.6. The van der Waals surface area contributed by atoms with Gasteiger partial charge >= 0.3 is 5.97 Å².